The van der Waals surface area contributed by atoms with Gasteiger partial charge < -0.3 is 14.2 Å². The van der Waals surface area contributed by atoms with E-state index < -0.39 is 6.10 Å². The molecule has 6 nitrogen and oxygen atoms in total. The molecule has 412 valence electrons. The number of rotatable bonds is 56. The standard InChI is InChI=1S/C65H116O6/c1-4-7-10-13-16-19-22-25-27-29-30-31-32-33-34-36-37-40-43-46-49-52-55-58-64(67)70-61-62(60-69-63(66)57-54-51-48-45-42-39-24-21-18-15-12-9-6-3)71-65(68)59-56-53-50-47-44-41-38-35-28-26-23-20-17-14-11-8-5-2/h8,11-12,15,17,20-21,24,26,28,62H,4-7,9-10,13-14,16,18-19,22-23,25,27,29-61H2,1-3H3/b11-8-,15-12-,20-17-,24-21-,28-26-. The van der Waals surface area contributed by atoms with Crippen molar-refractivity contribution in [3.05, 3.63) is 60.8 Å². The molecule has 0 saturated carbocycles. The molecule has 1 unspecified atom stereocenters. The largest absolute Gasteiger partial charge is 0.462 e. The van der Waals surface area contributed by atoms with Crippen molar-refractivity contribution in [1.82, 2.24) is 0 Å². The molecule has 0 saturated heterocycles. The summed E-state index contributed by atoms with van der Waals surface area (Å²) in [6.07, 6.45) is 75.1. The van der Waals surface area contributed by atoms with Crippen LogP contribution in [0.4, 0.5) is 0 Å². The molecule has 0 radical (unpaired) electrons. The number of hydrogen-bond donors (Lipinski definition) is 0. The van der Waals surface area contributed by atoms with Crippen LogP contribution < -0.4 is 0 Å². The van der Waals surface area contributed by atoms with Crippen LogP contribution in [0.3, 0.4) is 0 Å². The van der Waals surface area contributed by atoms with Gasteiger partial charge in [-0.1, -0.05) is 281 Å². The molecule has 0 aliphatic rings. The van der Waals surface area contributed by atoms with Crippen molar-refractivity contribution in [2.75, 3.05) is 13.2 Å². The quantitative estimate of drug-likeness (QED) is 0.0261. The number of allylic oxidation sites excluding steroid dienone is 10. The van der Waals surface area contributed by atoms with Crippen LogP contribution >= 0.6 is 0 Å². The van der Waals surface area contributed by atoms with E-state index in [1.54, 1.807) is 0 Å². The van der Waals surface area contributed by atoms with Gasteiger partial charge in [0, 0.05) is 19.3 Å². The zero-order chi connectivity index (χ0) is 51.4. The molecule has 0 fully saturated rings. The predicted molar refractivity (Wildman–Crippen MR) is 307 cm³/mol. The maximum Gasteiger partial charge on any atom is 0.306 e. The molecule has 0 N–H and O–H groups in total. The fourth-order valence-corrected chi connectivity index (χ4v) is 8.91. The number of ether oxygens (including phenoxy) is 3. The van der Waals surface area contributed by atoms with Crippen molar-refractivity contribution in [2.24, 2.45) is 0 Å². The van der Waals surface area contributed by atoms with Gasteiger partial charge in [-0.2, -0.15) is 0 Å². The molecule has 0 aromatic heterocycles. The van der Waals surface area contributed by atoms with Crippen LogP contribution in [-0.4, -0.2) is 37.2 Å². The molecule has 0 aromatic rings. The molecule has 71 heavy (non-hydrogen) atoms. The molecule has 0 spiro atoms. The summed E-state index contributed by atoms with van der Waals surface area (Å²) in [5.74, 6) is -0.890. The maximum atomic E-state index is 12.9. The molecule has 0 rings (SSSR count). The molecule has 0 aromatic carbocycles. The SMILES string of the molecule is CC/C=C\C/C=C\C/C=C\CCCCCCCCCC(=O)OC(COC(=O)CCCCCCC/C=C\C/C=C\CCC)COC(=O)CCCCCCCCCCCCCCCCCCCCCCCCC. The summed E-state index contributed by atoms with van der Waals surface area (Å²) in [6, 6.07) is 0. The second-order valence-corrected chi connectivity index (χ2v) is 20.6. The van der Waals surface area contributed by atoms with Crippen LogP contribution in [0, 0.1) is 0 Å². The van der Waals surface area contributed by atoms with Crippen molar-refractivity contribution in [3.8, 4) is 0 Å². The van der Waals surface area contributed by atoms with E-state index in [4.69, 9.17) is 14.2 Å². The van der Waals surface area contributed by atoms with E-state index in [2.05, 4.69) is 81.5 Å². The van der Waals surface area contributed by atoms with Gasteiger partial charge in [-0.15, -0.1) is 0 Å². The third-order valence-corrected chi connectivity index (χ3v) is 13.5. The Bertz CT molecular complexity index is 1280. The Labute approximate surface area is 440 Å². The minimum Gasteiger partial charge on any atom is -0.462 e. The monoisotopic (exact) mass is 993 g/mol. The lowest BCUT2D eigenvalue weighted by Crippen LogP contribution is -2.30. The van der Waals surface area contributed by atoms with Gasteiger partial charge in [0.25, 0.3) is 0 Å². The zero-order valence-electron chi connectivity index (χ0n) is 47.2. The molecular weight excluding hydrogens is 877 g/mol. The first-order valence-electron chi connectivity index (χ1n) is 30.8. The van der Waals surface area contributed by atoms with Crippen molar-refractivity contribution in [2.45, 2.75) is 322 Å². The van der Waals surface area contributed by atoms with Crippen molar-refractivity contribution in [3.63, 3.8) is 0 Å². The van der Waals surface area contributed by atoms with Crippen LogP contribution in [0.25, 0.3) is 0 Å². The molecule has 6 heteroatoms. The average Bonchev–Trinajstić information content (AvgIpc) is 3.37. The minimum atomic E-state index is -0.784. The summed E-state index contributed by atoms with van der Waals surface area (Å²) in [5.41, 5.74) is 0. The van der Waals surface area contributed by atoms with Crippen molar-refractivity contribution >= 4 is 17.9 Å². The lowest BCUT2D eigenvalue weighted by atomic mass is 10.0. The van der Waals surface area contributed by atoms with Gasteiger partial charge in [-0.25, -0.2) is 0 Å². The highest BCUT2D eigenvalue weighted by Gasteiger charge is 2.19. The van der Waals surface area contributed by atoms with Gasteiger partial charge in [-0.05, 0) is 77.0 Å². The normalized spacial score (nSPS) is 12.4. The zero-order valence-corrected chi connectivity index (χ0v) is 47.2. The summed E-state index contributed by atoms with van der Waals surface area (Å²) < 4.78 is 16.9. The smallest absolute Gasteiger partial charge is 0.306 e. The van der Waals surface area contributed by atoms with E-state index in [1.807, 2.05) is 0 Å². The number of carbonyl (C=O) groups is 3. The number of hydrogen-bond acceptors (Lipinski definition) is 6. The first kappa shape index (κ1) is 68.1. The summed E-state index contributed by atoms with van der Waals surface area (Å²) in [6.45, 7) is 6.49. The van der Waals surface area contributed by atoms with E-state index >= 15 is 0 Å². The first-order valence-corrected chi connectivity index (χ1v) is 30.8. The fourth-order valence-electron chi connectivity index (χ4n) is 8.91. The molecular formula is C65H116O6. The second-order valence-electron chi connectivity index (χ2n) is 20.6. The van der Waals surface area contributed by atoms with Crippen molar-refractivity contribution in [1.29, 1.82) is 0 Å². The second kappa shape index (κ2) is 59.7. The predicted octanol–water partition coefficient (Wildman–Crippen LogP) is 20.8. The van der Waals surface area contributed by atoms with E-state index in [1.165, 1.54) is 167 Å². The fraction of sp³-hybridized carbons (Fsp3) is 0.800. The Balaban J connectivity index is 4.29. The highest BCUT2D eigenvalue weighted by molar-refractivity contribution is 5.71. The highest BCUT2D eigenvalue weighted by Crippen LogP contribution is 2.17. The molecule has 0 bridgehead atoms. The number of unbranched alkanes of at least 4 members (excludes halogenated alkanes) is 35. The number of esters is 3. The van der Waals surface area contributed by atoms with Gasteiger partial charge >= 0.3 is 17.9 Å². The van der Waals surface area contributed by atoms with Gasteiger partial charge in [0.05, 0.1) is 0 Å². The van der Waals surface area contributed by atoms with Crippen LogP contribution in [0.5, 0.6) is 0 Å². The number of carbonyl (C=O) groups excluding carboxylic acids is 3. The Morgan fingerprint density at radius 3 is 0.915 bits per heavy atom. The molecule has 0 aliphatic heterocycles. The lowest BCUT2D eigenvalue weighted by molar-refractivity contribution is -0.167. The lowest BCUT2D eigenvalue weighted by Gasteiger charge is -2.18. The Morgan fingerprint density at radius 1 is 0.296 bits per heavy atom. The van der Waals surface area contributed by atoms with Crippen LogP contribution in [0.1, 0.15) is 316 Å². The molecule has 0 amide bonds. The van der Waals surface area contributed by atoms with Crippen molar-refractivity contribution < 1.29 is 28.6 Å². The first-order chi connectivity index (χ1) is 35.0. The van der Waals surface area contributed by atoms with Crippen LogP contribution in [-0.2, 0) is 28.6 Å². The summed E-state index contributed by atoms with van der Waals surface area (Å²) in [7, 11) is 0. The van der Waals surface area contributed by atoms with Crippen LogP contribution in [0.2, 0.25) is 0 Å². The average molecular weight is 994 g/mol. The van der Waals surface area contributed by atoms with Gasteiger partial charge in [0.15, 0.2) is 6.10 Å². The topological polar surface area (TPSA) is 78.9 Å². The highest BCUT2D eigenvalue weighted by atomic mass is 16.6. The third kappa shape index (κ3) is 57.9. The van der Waals surface area contributed by atoms with Gasteiger partial charge in [0.1, 0.15) is 13.2 Å². The van der Waals surface area contributed by atoms with E-state index in [-0.39, 0.29) is 31.1 Å². The van der Waals surface area contributed by atoms with E-state index in [0.717, 1.165) is 109 Å². The summed E-state index contributed by atoms with van der Waals surface area (Å²) in [5, 5.41) is 0. The van der Waals surface area contributed by atoms with Crippen LogP contribution in [0.15, 0.2) is 60.8 Å². The third-order valence-electron chi connectivity index (χ3n) is 13.5. The Morgan fingerprint density at radius 2 is 0.577 bits per heavy atom. The maximum absolute atomic E-state index is 12.9. The van der Waals surface area contributed by atoms with Gasteiger partial charge in [-0.3, -0.25) is 14.4 Å². The Hall–Kier alpha value is -2.89. The Kier molecular flexibility index (Phi) is 57.2. The molecule has 0 heterocycles. The molecule has 0 aliphatic carbocycles. The summed E-state index contributed by atoms with van der Waals surface area (Å²) in [4.78, 5) is 38.2. The summed E-state index contributed by atoms with van der Waals surface area (Å²) >= 11 is 0. The van der Waals surface area contributed by atoms with Gasteiger partial charge in [0.2, 0.25) is 0 Å². The molecule has 1 atom stereocenters. The van der Waals surface area contributed by atoms with E-state index in [0.29, 0.717) is 19.3 Å². The van der Waals surface area contributed by atoms with E-state index in [9.17, 15) is 14.4 Å². The minimum absolute atomic E-state index is 0.0801.